The summed E-state index contributed by atoms with van der Waals surface area (Å²) >= 11 is 5.72. The van der Waals surface area contributed by atoms with Gasteiger partial charge in [0, 0.05) is 11.6 Å². The van der Waals surface area contributed by atoms with Gasteiger partial charge in [0.2, 0.25) is 0 Å². The molecule has 0 fully saturated rings. The van der Waals surface area contributed by atoms with Crippen molar-refractivity contribution in [1.82, 2.24) is 14.6 Å². The van der Waals surface area contributed by atoms with Crippen molar-refractivity contribution in [2.75, 3.05) is 5.73 Å². The zero-order valence-corrected chi connectivity index (χ0v) is 7.21. The predicted octanol–water partition coefficient (Wildman–Crippen LogP) is 1.27. The van der Waals surface area contributed by atoms with Crippen molar-refractivity contribution >= 4 is 23.1 Å². The molecule has 2 aromatic heterocycles. The Bertz CT molecular complexity index is 434. The number of rotatable bonds is 0. The van der Waals surface area contributed by atoms with Crippen LogP contribution >= 0.6 is 11.6 Å². The van der Waals surface area contributed by atoms with Crippen molar-refractivity contribution in [3.63, 3.8) is 0 Å². The summed E-state index contributed by atoms with van der Waals surface area (Å²) in [4.78, 5) is 4.08. The van der Waals surface area contributed by atoms with E-state index in [1.807, 2.05) is 6.92 Å². The maximum absolute atomic E-state index is 5.72. The SMILES string of the molecule is Cc1cnn2c(N)cc(Cl)nc12. The number of fused-ring (bicyclic) bond motifs is 1. The summed E-state index contributed by atoms with van der Waals surface area (Å²) in [5.74, 6) is 0.498. The standard InChI is InChI=1S/C7H7ClN4/c1-4-3-10-12-6(9)2-5(8)11-7(4)12/h2-3H,9H2,1H3. The Kier molecular flexibility index (Phi) is 1.44. The van der Waals surface area contributed by atoms with Gasteiger partial charge in [-0.1, -0.05) is 11.6 Å². The highest BCUT2D eigenvalue weighted by molar-refractivity contribution is 6.29. The first-order valence-electron chi connectivity index (χ1n) is 3.45. The summed E-state index contributed by atoms with van der Waals surface area (Å²) in [7, 11) is 0. The fraction of sp³-hybridized carbons (Fsp3) is 0.143. The van der Waals surface area contributed by atoms with Crippen molar-refractivity contribution in [2.24, 2.45) is 0 Å². The number of anilines is 1. The average molecular weight is 183 g/mol. The van der Waals surface area contributed by atoms with Gasteiger partial charge in [0.05, 0.1) is 6.20 Å². The molecule has 0 saturated carbocycles. The topological polar surface area (TPSA) is 56.2 Å². The third kappa shape index (κ3) is 0.921. The molecule has 0 bridgehead atoms. The molecule has 2 N–H and O–H groups in total. The fourth-order valence-electron chi connectivity index (χ4n) is 1.06. The molecular formula is C7H7ClN4. The van der Waals surface area contributed by atoms with Gasteiger partial charge in [-0.05, 0) is 6.92 Å². The molecular weight excluding hydrogens is 176 g/mol. The van der Waals surface area contributed by atoms with Gasteiger partial charge in [-0.2, -0.15) is 9.61 Å². The van der Waals surface area contributed by atoms with Crippen molar-refractivity contribution in [2.45, 2.75) is 6.92 Å². The maximum atomic E-state index is 5.72. The van der Waals surface area contributed by atoms with Gasteiger partial charge in [0.15, 0.2) is 5.65 Å². The van der Waals surface area contributed by atoms with Crippen LogP contribution in [0.2, 0.25) is 5.15 Å². The number of nitrogens with zero attached hydrogens (tertiary/aromatic N) is 3. The summed E-state index contributed by atoms with van der Waals surface area (Å²) in [6.07, 6.45) is 1.70. The normalized spacial score (nSPS) is 10.8. The van der Waals surface area contributed by atoms with Crippen LogP contribution in [0.3, 0.4) is 0 Å². The van der Waals surface area contributed by atoms with E-state index in [1.165, 1.54) is 0 Å². The lowest BCUT2D eigenvalue weighted by atomic mass is 10.4. The van der Waals surface area contributed by atoms with Crippen LogP contribution in [0.1, 0.15) is 5.56 Å². The van der Waals surface area contributed by atoms with Crippen LogP contribution in [0, 0.1) is 6.92 Å². The molecule has 2 aromatic rings. The Labute approximate surface area is 74.0 Å². The molecule has 0 atom stereocenters. The van der Waals surface area contributed by atoms with E-state index in [1.54, 1.807) is 16.8 Å². The van der Waals surface area contributed by atoms with Crippen LogP contribution in [0.4, 0.5) is 5.82 Å². The van der Waals surface area contributed by atoms with Crippen molar-refractivity contribution in [3.8, 4) is 0 Å². The zero-order chi connectivity index (χ0) is 8.72. The third-order valence-corrected chi connectivity index (χ3v) is 1.84. The van der Waals surface area contributed by atoms with Crippen molar-refractivity contribution < 1.29 is 0 Å². The Hall–Kier alpha value is -1.29. The number of halogens is 1. The van der Waals surface area contributed by atoms with Gasteiger partial charge >= 0.3 is 0 Å². The summed E-state index contributed by atoms with van der Waals surface area (Å²) in [6, 6.07) is 1.57. The Morgan fingerprint density at radius 3 is 3.08 bits per heavy atom. The maximum Gasteiger partial charge on any atom is 0.161 e. The minimum atomic E-state index is 0.392. The second-order valence-electron chi connectivity index (χ2n) is 2.57. The van der Waals surface area contributed by atoms with Crippen LogP contribution in [0.25, 0.3) is 5.65 Å². The third-order valence-electron chi connectivity index (χ3n) is 1.64. The first kappa shape index (κ1) is 7.36. The first-order chi connectivity index (χ1) is 5.68. The summed E-state index contributed by atoms with van der Waals surface area (Å²) < 4.78 is 1.56. The van der Waals surface area contributed by atoms with Crippen LogP contribution in [-0.4, -0.2) is 14.6 Å². The van der Waals surface area contributed by atoms with Gasteiger partial charge in [-0.25, -0.2) is 4.98 Å². The summed E-state index contributed by atoms with van der Waals surface area (Å²) in [5, 5.41) is 4.42. The van der Waals surface area contributed by atoms with Gasteiger partial charge in [-0.3, -0.25) is 0 Å². The van der Waals surface area contributed by atoms with E-state index in [4.69, 9.17) is 17.3 Å². The molecule has 0 saturated heterocycles. The molecule has 0 unspecified atom stereocenters. The second kappa shape index (κ2) is 2.35. The predicted molar refractivity (Wildman–Crippen MR) is 47.1 cm³/mol. The van der Waals surface area contributed by atoms with Crippen LogP contribution in [-0.2, 0) is 0 Å². The van der Waals surface area contributed by atoms with E-state index < -0.39 is 0 Å². The molecule has 0 aliphatic rings. The number of nitrogen functional groups attached to an aromatic ring is 1. The Balaban J connectivity index is 2.92. The van der Waals surface area contributed by atoms with E-state index in [0.717, 1.165) is 5.56 Å². The van der Waals surface area contributed by atoms with Gasteiger partial charge in [0.1, 0.15) is 11.0 Å². The van der Waals surface area contributed by atoms with Gasteiger partial charge < -0.3 is 5.73 Å². The zero-order valence-electron chi connectivity index (χ0n) is 6.45. The van der Waals surface area contributed by atoms with E-state index in [9.17, 15) is 0 Å². The number of hydrogen-bond donors (Lipinski definition) is 1. The fourth-order valence-corrected chi connectivity index (χ4v) is 1.26. The minimum absolute atomic E-state index is 0.392. The quantitative estimate of drug-likeness (QED) is 0.625. The van der Waals surface area contributed by atoms with Crippen LogP contribution in [0.15, 0.2) is 12.3 Å². The molecule has 5 heteroatoms. The lowest BCUT2D eigenvalue weighted by Crippen LogP contribution is -1.99. The number of aromatic nitrogens is 3. The first-order valence-corrected chi connectivity index (χ1v) is 3.82. The second-order valence-corrected chi connectivity index (χ2v) is 2.95. The summed E-state index contributed by atoms with van der Waals surface area (Å²) in [6.45, 7) is 1.91. The Morgan fingerprint density at radius 1 is 1.58 bits per heavy atom. The summed E-state index contributed by atoms with van der Waals surface area (Å²) in [5.41, 5.74) is 7.32. The molecule has 0 spiro atoms. The minimum Gasteiger partial charge on any atom is -0.383 e. The molecule has 12 heavy (non-hydrogen) atoms. The molecule has 0 aromatic carbocycles. The lowest BCUT2D eigenvalue weighted by molar-refractivity contribution is 0.952. The van der Waals surface area contributed by atoms with E-state index in [0.29, 0.717) is 16.6 Å². The number of hydrogen-bond acceptors (Lipinski definition) is 3. The number of aryl methyl sites for hydroxylation is 1. The highest BCUT2D eigenvalue weighted by atomic mass is 35.5. The van der Waals surface area contributed by atoms with E-state index in [2.05, 4.69) is 10.1 Å². The van der Waals surface area contributed by atoms with Crippen molar-refractivity contribution in [1.29, 1.82) is 0 Å². The van der Waals surface area contributed by atoms with E-state index in [-0.39, 0.29) is 0 Å². The van der Waals surface area contributed by atoms with Gasteiger partial charge in [-0.15, -0.1) is 0 Å². The molecule has 62 valence electrons. The lowest BCUT2D eigenvalue weighted by Gasteiger charge is -1.98. The van der Waals surface area contributed by atoms with Crippen molar-refractivity contribution in [3.05, 3.63) is 23.0 Å². The highest BCUT2D eigenvalue weighted by Crippen LogP contribution is 2.15. The molecule has 2 rings (SSSR count). The van der Waals surface area contributed by atoms with Crippen LogP contribution in [0.5, 0.6) is 0 Å². The molecule has 0 amide bonds. The smallest absolute Gasteiger partial charge is 0.161 e. The monoisotopic (exact) mass is 182 g/mol. The average Bonchev–Trinajstić information content (AvgIpc) is 2.33. The molecule has 0 aliphatic heterocycles. The van der Waals surface area contributed by atoms with E-state index >= 15 is 0 Å². The molecule has 2 heterocycles. The van der Waals surface area contributed by atoms with Gasteiger partial charge in [0.25, 0.3) is 0 Å². The molecule has 0 radical (unpaired) electrons. The van der Waals surface area contributed by atoms with Crippen LogP contribution < -0.4 is 5.73 Å². The molecule has 0 aliphatic carbocycles. The Morgan fingerprint density at radius 2 is 2.33 bits per heavy atom. The largest absolute Gasteiger partial charge is 0.383 e. The molecule has 4 nitrogen and oxygen atoms in total. The number of nitrogens with two attached hydrogens (primary N) is 1. The highest BCUT2D eigenvalue weighted by Gasteiger charge is 2.04.